The molecule has 0 saturated carbocycles. The Kier molecular flexibility index (Phi) is 2.25. The lowest BCUT2D eigenvalue weighted by Crippen LogP contribution is -2.11. The van der Waals surface area contributed by atoms with E-state index in [-0.39, 0.29) is 0 Å². The van der Waals surface area contributed by atoms with Gasteiger partial charge in [-0.25, -0.2) is 0 Å². The summed E-state index contributed by atoms with van der Waals surface area (Å²) in [6.07, 6.45) is 0. The van der Waals surface area contributed by atoms with E-state index in [2.05, 4.69) is 5.32 Å². The highest BCUT2D eigenvalue weighted by atomic mass is 32.2. The van der Waals surface area contributed by atoms with E-state index in [1.54, 1.807) is 31.0 Å². The highest BCUT2D eigenvalue weighted by Crippen LogP contribution is 2.41. The van der Waals surface area contributed by atoms with Crippen LogP contribution in [-0.2, 0) is 0 Å². The standard InChI is InChI=1S/C9H10N2O2S/c1-13-6-2-5(9(10)12)3-7-8(6)11-4-14-7/h2-3,11H,4H2,1H3,(H2,10,12). The third-order valence-electron chi connectivity index (χ3n) is 2.05. The molecule has 0 aliphatic carbocycles. The topological polar surface area (TPSA) is 64.3 Å². The molecule has 0 aromatic heterocycles. The average Bonchev–Trinajstić information content (AvgIpc) is 2.63. The van der Waals surface area contributed by atoms with E-state index in [1.807, 2.05) is 0 Å². The lowest BCUT2D eigenvalue weighted by Gasteiger charge is -2.08. The summed E-state index contributed by atoms with van der Waals surface area (Å²) >= 11 is 1.63. The van der Waals surface area contributed by atoms with Gasteiger partial charge in [-0.1, -0.05) is 0 Å². The molecule has 1 aromatic carbocycles. The molecular formula is C9H10N2O2S. The van der Waals surface area contributed by atoms with Crippen LogP contribution in [-0.4, -0.2) is 18.9 Å². The molecule has 0 saturated heterocycles. The molecule has 1 aliphatic rings. The number of fused-ring (bicyclic) bond motifs is 1. The maximum absolute atomic E-state index is 11.0. The van der Waals surface area contributed by atoms with Crippen molar-refractivity contribution in [1.82, 2.24) is 0 Å². The summed E-state index contributed by atoms with van der Waals surface area (Å²) < 4.78 is 5.16. The number of primary amides is 1. The van der Waals surface area contributed by atoms with E-state index >= 15 is 0 Å². The highest BCUT2D eigenvalue weighted by molar-refractivity contribution is 7.99. The number of ether oxygens (including phenoxy) is 1. The van der Waals surface area contributed by atoms with Crippen LogP contribution in [0.15, 0.2) is 17.0 Å². The molecule has 3 N–H and O–H groups in total. The zero-order chi connectivity index (χ0) is 10.1. The summed E-state index contributed by atoms with van der Waals surface area (Å²) in [5, 5.41) is 3.17. The number of nitrogens with one attached hydrogen (secondary N) is 1. The summed E-state index contributed by atoms with van der Waals surface area (Å²) in [7, 11) is 1.57. The SMILES string of the molecule is COc1cc(C(N)=O)cc2c1NCS2. The summed E-state index contributed by atoms with van der Waals surface area (Å²) in [6.45, 7) is 0. The number of benzene rings is 1. The molecule has 14 heavy (non-hydrogen) atoms. The van der Waals surface area contributed by atoms with Crippen molar-refractivity contribution in [1.29, 1.82) is 0 Å². The first-order valence-electron chi connectivity index (χ1n) is 4.11. The number of nitrogens with two attached hydrogens (primary N) is 1. The molecule has 1 aliphatic heterocycles. The molecule has 2 rings (SSSR count). The minimum Gasteiger partial charge on any atom is -0.495 e. The molecule has 0 bridgehead atoms. The van der Waals surface area contributed by atoms with Gasteiger partial charge in [0.2, 0.25) is 5.91 Å². The highest BCUT2D eigenvalue weighted by Gasteiger charge is 2.18. The normalized spacial score (nSPS) is 13.2. The number of methoxy groups -OCH3 is 1. The van der Waals surface area contributed by atoms with Gasteiger partial charge >= 0.3 is 0 Å². The lowest BCUT2D eigenvalue weighted by molar-refractivity contribution is 0.1000. The quantitative estimate of drug-likeness (QED) is 0.771. The van der Waals surface area contributed by atoms with Gasteiger partial charge in [-0.15, -0.1) is 11.8 Å². The lowest BCUT2D eigenvalue weighted by atomic mass is 10.2. The van der Waals surface area contributed by atoms with Crippen LogP contribution in [0.5, 0.6) is 5.75 Å². The third-order valence-corrected chi connectivity index (χ3v) is 2.97. The van der Waals surface area contributed by atoms with Crippen molar-refractivity contribution in [3.8, 4) is 5.75 Å². The molecule has 0 atom stereocenters. The van der Waals surface area contributed by atoms with E-state index in [0.717, 1.165) is 16.5 Å². The van der Waals surface area contributed by atoms with Gasteiger partial charge in [-0.05, 0) is 12.1 Å². The Balaban J connectivity index is 2.54. The Bertz CT molecular complexity index is 393. The predicted octanol–water partition coefficient (Wildman–Crippen LogP) is 1.27. The van der Waals surface area contributed by atoms with Crippen LogP contribution in [0, 0.1) is 0 Å². The number of hydrogen-bond donors (Lipinski definition) is 2. The first kappa shape index (κ1) is 9.21. The number of carbonyl (C=O) groups is 1. The Morgan fingerprint density at radius 2 is 2.43 bits per heavy atom. The summed E-state index contributed by atoms with van der Waals surface area (Å²) in [6, 6.07) is 3.44. The van der Waals surface area contributed by atoms with Gasteiger partial charge in [0.1, 0.15) is 5.75 Å². The summed E-state index contributed by atoms with van der Waals surface area (Å²) in [5.41, 5.74) is 6.64. The van der Waals surface area contributed by atoms with E-state index in [0.29, 0.717) is 11.3 Å². The molecular weight excluding hydrogens is 200 g/mol. The summed E-state index contributed by atoms with van der Waals surface area (Å²) in [4.78, 5) is 12.0. The maximum Gasteiger partial charge on any atom is 0.248 e. The number of thioether (sulfide) groups is 1. The fourth-order valence-electron chi connectivity index (χ4n) is 1.37. The molecule has 1 amide bonds. The Morgan fingerprint density at radius 1 is 1.64 bits per heavy atom. The van der Waals surface area contributed by atoms with Crippen LogP contribution in [0.25, 0.3) is 0 Å². The van der Waals surface area contributed by atoms with Crippen molar-refractivity contribution >= 4 is 23.4 Å². The molecule has 1 heterocycles. The second-order valence-electron chi connectivity index (χ2n) is 2.88. The van der Waals surface area contributed by atoms with Crippen LogP contribution < -0.4 is 15.8 Å². The zero-order valence-electron chi connectivity index (χ0n) is 7.66. The van der Waals surface area contributed by atoms with Gasteiger partial charge < -0.3 is 15.8 Å². The van der Waals surface area contributed by atoms with Gasteiger partial charge in [0.05, 0.1) is 18.7 Å². The number of carbonyl (C=O) groups excluding carboxylic acids is 1. The monoisotopic (exact) mass is 210 g/mol. The van der Waals surface area contributed by atoms with Crippen LogP contribution in [0.1, 0.15) is 10.4 Å². The third kappa shape index (κ3) is 1.39. The molecule has 0 unspecified atom stereocenters. The van der Waals surface area contributed by atoms with Crippen LogP contribution in [0.2, 0.25) is 0 Å². The molecule has 74 valence electrons. The largest absolute Gasteiger partial charge is 0.495 e. The van der Waals surface area contributed by atoms with Gasteiger partial charge in [0, 0.05) is 10.5 Å². The number of hydrogen-bond acceptors (Lipinski definition) is 4. The van der Waals surface area contributed by atoms with E-state index in [4.69, 9.17) is 10.5 Å². The number of rotatable bonds is 2. The van der Waals surface area contributed by atoms with E-state index in [1.165, 1.54) is 0 Å². The first-order valence-corrected chi connectivity index (χ1v) is 5.09. The Labute approximate surface area is 85.8 Å². The van der Waals surface area contributed by atoms with Gasteiger partial charge in [-0.3, -0.25) is 4.79 Å². The molecule has 1 aromatic rings. The molecule has 0 fully saturated rings. The van der Waals surface area contributed by atoms with Crippen LogP contribution in [0.3, 0.4) is 0 Å². The second kappa shape index (κ2) is 3.42. The van der Waals surface area contributed by atoms with Crippen molar-refractivity contribution in [3.63, 3.8) is 0 Å². The van der Waals surface area contributed by atoms with Gasteiger partial charge in [-0.2, -0.15) is 0 Å². The zero-order valence-corrected chi connectivity index (χ0v) is 8.48. The van der Waals surface area contributed by atoms with Crippen molar-refractivity contribution < 1.29 is 9.53 Å². The average molecular weight is 210 g/mol. The molecule has 0 radical (unpaired) electrons. The maximum atomic E-state index is 11.0. The minimum absolute atomic E-state index is 0.432. The van der Waals surface area contributed by atoms with Crippen molar-refractivity contribution in [2.75, 3.05) is 18.3 Å². The fraction of sp³-hybridized carbons (Fsp3) is 0.222. The predicted molar refractivity (Wildman–Crippen MR) is 55.9 cm³/mol. The van der Waals surface area contributed by atoms with E-state index < -0.39 is 5.91 Å². The molecule has 0 spiro atoms. The van der Waals surface area contributed by atoms with Crippen molar-refractivity contribution in [2.45, 2.75) is 4.90 Å². The van der Waals surface area contributed by atoms with Gasteiger partial charge in [0.15, 0.2) is 0 Å². The van der Waals surface area contributed by atoms with Crippen LogP contribution in [0.4, 0.5) is 5.69 Å². The Hall–Kier alpha value is -1.36. The fourth-order valence-corrected chi connectivity index (χ4v) is 2.27. The summed E-state index contributed by atoms with van der Waals surface area (Å²) in [5.74, 6) is 1.04. The Morgan fingerprint density at radius 3 is 3.07 bits per heavy atom. The minimum atomic E-state index is -0.432. The smallest absolute Gasteiger partial charge is 0.248 e. The second-order valence-corrected chi connectivity index (χ2v) is 3.90. The van der Waals surface area contributed by atoms with Crippen LogP contribution >= 0.6 is 11.8 Å². The van der Waals surface area contributed by atoms with E-state index in [9.17, 15) is 4.79 Å². The number of amides is 1. The van der Waals surface area contributed by atoms with Gasteiger partial charge in [0.25, 0.3) is 0 Å². The van der Waals surface area contributed by atoms with Crippen molar-refractivity contribution in [2.24, 2.45) is 5.73 Å². The first-order chi connectivity index (χ1) is 6.72. The number of anilines is 1. The molecule has 4 nitrogen and oxygen atoms in total. The van der Waals surface area contributed by atoms with Crippen molar-refractivity contribution in [3.05, 3.63) is 17.7 Å². The molecule has 5 heteroatoms.